The second-order valence-corrected chi connectivity index (χ2v) is 5.84. The van der Waals surface area contributed by atoms with Crippen LogP contribution >= 0.6 is 0 Å². The average molecular weight is 279 g/mol. The Kier molecular flexibility index (Phi) is 4.59. The Morgan fingerprint density at radius 2 is 2.05 bits per heavy atom. The number of nitrogens with zero attached hydrogens (tertiary/aromatic N) is 2. The Hall–Kier alpha value is -1.21. The number of hydrazine groups is 1. The molecule has 0 bridgehead atoms. The fraction of sp³-hybridized carbons (Fsp3) is 0.643. The van der Waals surface area contributed by atoms with Gasteiger partial charge in [-0.05, 0) is 32.4 Å². The van der Waals surface area contributed by atoms with Gasteiger partial charge in [0.2, 0.25) is 0 Å². The summed E-state index contributed by atoms with van der Waals surface area (Å²) in [7, 11) is 0. The van der Waals surface area contributed by atoms with Crippen molar-refractivity contribution in [3.05, 3.63) is 23.4 Å². The predicted octanol–water partition coefficient (Wildman–Crippen LogP) is 0.587. The molecule has 1 aromatic heterocycles. The summed E-state index contributed by atoms with van der Waals surface area (Å²) in [4.78, 5) is 6.62. The van der Waals surface area contributed by atoms with E-state index in [1.54, 1.807) is 6.20 Å². The molecule has 1 unspecified atom stereocenters. The lowest BCUT2D eigenvalue weighted by Gasteiger charge is -2.45. The van der Waals surface area contributed by atoms with E-state index in [9.17, 15) is 0 Å². The lowest BCUT2D eigenvalue weighted by molar-refractivity contribution is -0.0238. The first-order valence-electron chi connectivity index (χ1n) is 6.97. The molecule has 1 aliphatic heterocycles. The number of nitrogen functional groups attached to an aromatic ring is 1. The van der Waals surface area contributed by atoms with Crippen LogP contribution in [0.2, 0.25) is 0 Å². The molecule has 20 heavy (non-hydrogen) atoms. The second-order valence-electron chi connectivity index (χ2n) is 5.84. The maximum atomic E-state index is 6.04. The third-order valence-electron chi connectivity index (χ3n) is 4.10. The van der Waals surface area contributed by atoms with Gasteiger partial charge >= 0.3 is 0 Å². The van der Waals surface area contributed by atoms with E-state index in [1.807, 2.05) is 6.92 Å². The molecule has 0 radical (unpaired) electrons. The molecule has 0 aliphatic carbocycles. The first-order chi connectivity index (χ1) is 9.46. The highest BCUT2D eigenvalue weighted by Gasteiger charge is 2.37. The topological polar surface area (TPSA) is 89.4 Å². The molecule has 5 N–H and O–H groups in total. The molecule has 6 heteroatoms. The van der Waals surface area contributed by atoms with Crippen molar-refractivity contribution in [1.82, 2.24) is 15.3 Å². The molecule has 0 saturated carbocycles. The standard InChI is InChI=1S/C14H25N5O/c1-10-8-11(13(15)17-9-10)12(18-16)14(2,3)19-4-6-20-7-5-19/h8-9,12,18H,4-7,16H2,1-3H3,(H2,15,17). The number of hydrogen-bond acceptors (Lipinski definition) is 6. The van der Waals surface area contributed by atoms with Crippen molar-refractivity contribution in [1.29, 1.82) is 0 Å². The fourth-order valence-electron chi connectivity index (χ4n) is 2.83. The van der Waals surface area contributed by atoms with Gasteiger partial charge in [-0.1, -0.05) is 0 Å². The first-order valence-corrected chi connectivity index (χ1v) is 6.97. The lowest BCUT2D eigenvalue weighted by atomic mass is 9.86. The van der Waals surface area contributed by atoms with Crippen LogP contribution in [0.5, 0.6) is 0 Å². The maximum Gasteiger partial charge on any atom is 0.128 e. The van der Waals surface area contributed by atoms with E-state index in [0.717, 1.165) is 37.4 Å². The molecule has 1 aromatic rings. The molecule has 2 rings (SSSR count). The zero-order chi connectivity index (χ0) is 14.8. The van der Waals surface area contributed by atoms with E-state index < -0.39 is 0 Å². The second kappa shape index (κ2) is 6.05. The SMILES string of the molecule is Cc1cnc(N)c(C(NN)C(C)(C)N2CCOCC2)c1. The van der Waals surface area contributed by atoms with Gasteiger partial charge in [0.1, 0.15) is 5.82 Å². The Bertz CT molecular complexity index is 457. The van der Waals surface area contributed by atoms with Gasteiger partial charge in [0.15, 0.2) is 0 Å². The number of anilines is 1. The molecule has 6 nitrogen and oxygen atoms in total. The molecule has 112 valence electrons. The number of aryl methyl sites for hydroxylation is 1. The van der Waals surface area contributed by atoms with Crippen LogP contribution in [0.3, 0.4) is 0 Å². The molecule has 1 saturated heterocycles. The quantitative estimate of drug-likeness (QED) is 0.552. The van der Waals surface area contributed by atoms with Crippen LogP contribution < -0.4 is 17.0 Å². The average Bonchev–Trinajstić information content (AvgIpc) is 2.44. The zero-order valence-corrected chi connectivity index (χ0v) is 12.5. The van der Waals surface area contributed by atoms with Crippen LogP contribution in [0.4, 0.5) is 5.82 Å². The number of morpholine rings is 1. The van der Waals surface area contributed by atoms with Crippen molar-refractivity contribution in [2.45, 2.75) is 32.4 Å². The molecular weight excluding hydrogens is 254 g/mol. The Labute approximate surface area is 120 Å². The monoisotopic (exact) mass is 279 g/mol. The van der Waals surface area contributed by atoms with E-state index in [-0.39, 0.29) is 11.6 Å². The van der Waals surface area contributed by atoms with Gasteiger partial charge in [-0.3, -0.25) is 16.2 Å². The van der Waals surface area contributed by atoms with E-state index in [4.69, 9.17) is 16.3 Å². The number of nitrogens with one attached hydrogen (secondary N) is 1. The summed E-state index contributed by atoms with van der Waals surface area (Å²) < 4.78 is 5.43. The van der Waals surface area contributed by atoms with Crippen molar-refractivity contribution >= 4 is 5.82 Å². The molecule has 1 atom stereocenters. The first kappa shape index (κ1) is 15.2. The van der Waals surface area contributed by atoms with E-state index in [2.05, 4.69) is 35.2 Å². The zero-order valence-electron chi connectivity index (χ0n) is 12.5. The summed E-state index contributed by atoms with van der Waals surface area (Å²) in [6.07, 6.45) is 1.77. The fourth-order valence-corrected chi connectivity index (χ4v) is 2.83. The van der Waals surface area contributed by atoms with Gasteiger partial charge in [-0.25, -0.2) is 4.98 Å². The molecule has 2 heterocycles. The summed E-state index contributed by atoms with van der Waals surface area (Å²) in [5, 5.41) is 0. The minimum absolute atomic E-state index is 0.0898. The molecule has 0 spiro atoms. The van der Waals surface area contributed by atoms with Crippen molar-refractivity contribution in [3.63, 3.8) is 0 Å². The summed E-state index contributed by atoms with van der Waals surface area (Å²) in [5.74, 6) is 6.35. The number of pyridine rings is 1. The third-order valence-corrected chi connectivity index (χ3v) is 4.10. The smallest absolute Gasteiger partial charge is 0.128 e. The van der Waals surface area contributed by atoms with Crippen LogP contribution in [0.15, 0.2) is 12.3 Å². The number of hydrogen-bond donors (Lipinski definition) is 3. The lowest BCUT2D eigenvalue weighted by Crippen LogP contribution is -2.57. The number of ether oxygens (including phenoxy) is 1. The predicted molar refractivity (Wildman–Crippen MR) is 79.9 cm³/mol. The molecule has 0 amide bonds. The summed E-state index contributed by atoms with van der Waals surface area (Å²) in [6, 6.07) is 1.96. The van der Waals surface area contributed by atoms with Gasteiger partial charge in [0, 0.05) is 30.4 Å². The minimum atomic E-state index is -0.178. The summed E-state index contributed by atoms with van der Waals surface area (Å²) in [6.45, 7) is 9.64. The van der Waals surface area contributed by atoms with Crippen LogP contribution in [0.25, 0.3) is 0 Å². The minimum Gasteiger partial charge on any atom is -0.383 e. The van der Waals surface area contributed by atoms with Crippen LogP contribution in [0, 0.1) is 6.92 Å². The molecule has 0 aromatic carbocycles. The Balaban J connectivity index is 2.32. The van der Waals surface area contributed by atoms with Crippen LogP contribution in [-0.4, -0.2) is 41.7 Å². The number of nitrogens with two attached hydrogens (primary N) is 2. The third kappa shape index (κ3) is 2.93. The van der Waals surface area contributed by atoms with Gasteiger partial charge in [-0.15, -0.1) is 0 Å². The van der Waals surface area contributed by atoms with Crippen molar-refractivity contribution in [2.24, 2.45) is 5.84 Å². The van der Waals surface area contributed by atoms with Crippen molar-refractivity contribution in [3.8, 4) is 0 Å². The van der Waals surface area contributed by atoms with E-state index in [0.29, 0.717) is 5.82 Å². The Morgan fingerprint density at radius 3 is 2.65 bits per heavy atom. The summed E-state index contributed by atoms with van der Waals surface area (Å²) in [5.41, 5.74) is 10.8. The molecule has 1 aliphatic rings. The van der Waals surface area contributed by atoms with Gasteiger partial charge in [0.25, 0.3) is 0 Å². The van der Waals surface area contributed by atoms with Crippen LogP contribution in [-0.2, 0) is 4.74 Å². The number of aromatic nitrogens is 1. The molecular formula is C14H25N5O. The maximum absolute atomic E-state index is 6.04. The van der Waals surface area contributed by atoms with Gasteiger partial charge < -0.3 is 10.5 Å². The van der Waals surface area contributed by atoms with Crippen LogP contribution in [0.1, 0.15) is 31.0 Å². The highest BCUT2D eigenvalue weighted by atomic mass is 16.5. The largest absolute Gasteiger partial charge is 0.383 e. The van der Waals surface area contributed by atoms with Gasteiger partial charge in [0.05, 0.1) is 19.3 Å². The van der Waals surface area contributed by atoms with E-state index in [1.165, 1.54) is 0 Å². The number of rotatable bonds is 4. The highest BCUT2D eigenvalue weighted by molar-refractivity contribution is 5.44. The van der Waals surface area contributed by atoms with Crippen molar-refractivity contribution < 1.29 is 4.74 Å². The normalized spacial score (nSPS) is 19.0. The molecule has 1 fully saturated rings. The highest BCUT2D eigenvalue weighted by Crippen LogP contribution is 2.33. The summed E-state index contributed by atoms with van der Waals surface area (Å²) >= 11 is 0. The van der Waals surface area contributed by atoms with Crippen molar-refractivity contribution in [2.75, 3.05) is 32.0 Å². The van der Waals surface area contributed by atoms with Gasteiger partial charge in [-0.2, -0.15) is 0 Å². The Morgan fingerprint density at radius 1 is 1.40 bits per heavy atom. The van der Waals surface area contributed by atoms with E-state index >= 15 is 0 Å².